The Kier molecular flexibility index (Phi) is 6.06. The van der Waals surface area contributed by atoms with Gasteiger partial charge in [-0.05, 0) is 18.1 Å². The topological polar surface area (TPSA) is 84.9 Å². The van der Waals surface area contributed by atoms with Crippen LogP contribution >= 0.6 is 0 Å². The molecule has 28 heavy (non-hydrogen) atoms. The van der Waals surface area contributed by atoms with E-state index in [4.69, 9.17) is 9.47 Å². The molecular formula is C21H22N2O5. The lowest BCUT2D eigenvalue weighted by Crippen LogP contribution is -2.44. The zero-order valence-corrected chi connectivity index (χ0v) is 15.6. The molecule has 0 atom stereocenters. The Morgan fingerprint density at radius 1 is 1.04 bits per heavy atom. The van der Waals surface area contributed by atoms with Crippen molar-refractivity contribution in [3.63, 3.8) is 0 Å². The van der Waals surface area contributed by atoms with Crippen LogP contribution in [0.4, 0.5) is 4.79 Å². The van der Waals surface area contributed by atoms with Crippen molar-refractivity contribution in [3.8, 4) is 0 Å². The molecule has 0 spiro atoms. The molecule has 1 heterocycles. The second-order valence-corrected chi connectivity index (χ2v) is 6.20. The van der Waals surface area contributed by atoms with Gasteiger partial charge in [-0.25, -0.2) is 9.59 Å². The molecule has 1 N–H and O–H groups in total. The number of esters is 1. The van der Waals surface area contributed by atoms with Crippen LogP contribution in [0.25, 0.3) is 0 Å². The van der Waals surface area contributed by atoms with E-state index in [9.17, 15) is 14.4 Å². The smallest absolute Gasteiger partial charge is 0.348 e. The first-order chi connectivity index (χ1) is 13.6. The van der Waals surface area contributed by atoms with Crippen molar-refractivity contribution in [1.82, 2.24) is 10.2 Å². The molecule has 0 radical (unpaired) electrons. The molecule has 7 heteroatoms. The summed E-state index contributed by atoms with van der Waals surface area (Å²) in [5, 5.41) is 2.54. The third-order valence-corrected chi connectivity index (χ3v) is 4.49. The third-order valence-electron chi connectivity index (χ3n) is 4.49. The van der Waals surface area contributed by atoms with Gasteiger partial charge in [0.05, 0.1) is 0 Å². The van der Waals surface area contributed by atoms with E-state index >= 15 is 0 Å². The first-order valence-electron chi connectivity index (χ1n) is 9.10. The van der Waals surface area contributed by atoms with Crippen LogP contribution in [0, 0.1) is 0 Å². The minimum Gasteiger partial charge on any atom is -0.453 e. The molecule has 2 aromatic carbocycles. The van der Waals surface area contributed by atoms with Crippen LogP contribution in [0.3, 0.4) is 0 Å². The van der Waals surface area contributed by atoms with Crippen molar-refractivity contribution in [1.29, 1.82) is 0 Å². The number of imide groups is 1. The van der Waals surface area contributed by atoms with Gasteiger partial charge in [0.1, 0.15) is 0 Å². The number of amides is 3. The van der Waals surface area contributed by atoms with Crippen molar-refractivity contribution in [2.24, 2.45) is 0 Å². The monoisotopic (exact) mass is 382 g/mol. The number of carbonyl (C=O) groups is 3. The number of rotatable bonds is 7. The second-order valence-electron chi connectivity index (χ2n) is 6.20. The minimum atomic E-state index is -1.51. The molecule has 146 valence electrons. The Hall–Kier alpha value is -3.19. The van der Waals surface area contributed by atoms with E-state index in [0.29, 0.717) is 17.7 Å². The summed E-state index contributed by atoms with van der Waals surface area (Å²) in [4.78, 5) is 38.2. The zero-order valence-electron chi connectivity index (χ0n) is 15.6. The van der Waals surface area contributed by atoms with Crippen molar-refractivity contribution in [3.05, 3.63) is 71.8 Å². The minimum absolute atomic E-state index is 0.251. The van der Waals surface area contributed by atoms with E-state index in [1.165, 1.54) is 0 Å². The average molecular weight is 382 g/mol. The third kappa shape index (κ3) is 3.75. The molecule has 3 rings (SSSR count). The first kappa shape index (κ1) is 19.6. The lowest BCUT2D eigenvalue weighted by molar-refractivity contribution is -0.171. The first-order valence-corrected chi connectivity index (χ1v) is 9.10. The average Bonchev–Trinajstić information content (AvgIpc) is 3.17. The summed E-state index contributed by atoms with van der Waals surface area (Å²) < 4.78 is 11.3. The van der Waals surface area contributed by atoms with Gasteiger partial charge < -0.3 is 14.8 Å². The van der Waals surface area contributed by atoms with E-state index in [1.807, 2.05) is 12.1 Å². The highest BCUT2D eigenvalue weighted by Crippen LogP contribution is 2.35. The Morgan fingerprint density at radius 2 is 1.61 bits per heavy atom. The summed E-state index contributed by atoms with van der Waals surface area (Å²) in [6.07, 6.45) is 0. The van der Waals surface area contributed by atoms with Gasteiger partial charge in [0.25, 0.3) is 5.91 Å². The highest BCUT2D eigenvalue weighted by molar-refractivity contribution is 5.97. The van der Waals surface area contributed by atoms with Crippen LogP contribution < -0.4 is 5.32 Å². The molecule has 0 saturated carbocycles. The van der Waals surface area contributed by atoms with Crippen LogP contribution in [0.1, 0.15) is 18.1 Å². The summed E-state index contributed by atoms with van der Waals surface area (Å²) >= 11 is 0. The molecule has 2 aromatic rings. The van der Waals surface area contributed by atoms with Crippen LogP contribution in [0.5, 0.6) is 0 Å². The van der Waals surface area contributed by atoms with Crippen molar-refractivity contribution < 1.29 is 23.9 Å². The summed E-state index contributed by atoms with van der Waals surface area (Å²) in [5.41, 5.74) is -0.316. The summed E-state index contributed by atoms with van der Waals surface area (Å²) in [7, 11) is 0. The lowest BCUT2D eigenvalue weighted by Gasteiger charge is -2.32. The normalized spacial score (nSPS) is 13.9. The van der Waals surface area contributed by atoms with Crippen LogP contribution in [-0.2, 0) is 24.7 Å². The van der Waals surface area contributed by atoms with Gasteiger partial charge in [-0.2, -0.15) is 0 Å². The fraction of sp³-hybridized carbons (Fsp3) is 0.286. The number of urea groups is 1. The fourth-order valence-electron chi connectivity index (χ4n) is 3.21. The van der Waals surface area contributed by atoms with E-state index in [1.54, 1.807) is 55.5 Å². The maximum Gasteiger partial charge on any atom is 0.348 e. The van der Waals surface area contributed by atoms with Gasteiger partial charge in [0.15, 0.2) is 6.61 Å². The fourth-order valence-corrected chi connectivity index (χ4v) is 3.21. The van der Waals surface area contributed by atoms with E-state index < -0.39 is 30.1 Å². The van der Waals surface area contributed by atoms with Gasteiger partial charge in [-0.3, -0.25) is 9.69 Å². The largest absolute Gasteiger partial charge is 0.453 e. The number of carbonyl (C=O) groups excluding carboxylic acids is 3. The maximum absolute atomic E-state index is 13.2. The summed E-state index contributed by atoms with van der Waals surface area (Å²) in [6.45, 7) is 2.13. The van der Waals surface area contributed by atoms with Gasteiger partial charge in [-0.15, -0.1) is 0 Å². The zero-order chi connectivity index (χ0) is 20.0. The van der Waals surface area contributed by atoms with E-state index in [0.717, 1.165) is 4.90 Å². The number of ether oxygens (including phenoxy) is 2. The maximum atomic E-state index is 13.2. The second kappa shape index (κ2) is 8.67. The van der Waals surface area contributed by atoms with Crippen molar-refractivity contribution >= 4 is 17.9 Å². The van der Waals surface area contributed by atoms with Gasteiger partial charge in [0, 0.05) is 19.7 Å². The summed E-state index contributed by atoms with van der Waals surface area (Å²) in [5.74, 6) is -1.28. The molecular weight excluding hydrogens is 360 g/mol. The van der Waals surface area contributed by atoms with Crippen molar-refractivity contribution in [2.45, 2.75) is 12.5 Å². The number of nitrogens with one attached hydrogen (secondary N) is 1. The van der Waals surface area contributed by atoms with Gasteiger partial charge in [-0.1, -0.05) is 60.7 Å². The Morgan fingerprint density at radius 3 is 2.07 bits per heavy atom. The standard InChI is InChI=1S/C21H22N2O5/c1-2-28-21(16-9-5-3-6-10-16,17-11-7-4-8-12-17)19(25)27-15-18(24)23-14-13-22-20(23)26/h3-12H,2,13-15H2,1H3,(H,22,26). The van der Waals surface area contributed by atoms with Crippen LogP contribution in [0.15, 0.2) is 60.7 Å². The van der Waals surface area contributed by atoms with E-state index in [-0.39, 0.29) is 13.2 Å². The van der Waals surface area contributed by atoms with Crippen LogP contribution in [0.2, 0.25) is 0 Å². The van der Waals surface area contributed by atoms with Crippen LogP contribution in [-0.4, -0.2) is 49.1 Å². The molecule has 1 aliphatic rings. The molecule has 0 bridgehead atoms. The molecule has 0 unspecified atom stereocenters. The highest BCUT2D eigenvalue weighted by Gasteiger charge is 2.45. The molecule has 7 nitrogen and oxygen atoms in total. The quantitative estimate of drug-likeness (QED) is 0.741. The van der Waals surface area contributed by atoms with Gasteiger partial charge >= 0.3 is 12.0 Å². The molecule has 0 aromatic heterocycles. The van der Waals surface area contributed by atoms with Crippen molar-refractivity contribution in [2.75, 3.05) is 26.3 Å². The molecule has 1 fully saturated rings. The Bertz CT molecular complexity index is 799. The molecule has 3 amide bonds. The predicted molar refractivity (Wildman–Crippen MR) is 101 cm³/mol. The predicted octanol–water partition coefficient (Wildman–Crippen LogP) is 2.06. The molecule has 1 saturated heterocycles. The highest BCUT2D eigenvalue weighted by atomic mass is 16.6. The van der Waals surface area contributed by atoms with Gasteiger partial charge in [0.2, 0.25) is 5.60 Å². The lowest BCUT2D eigenvalue weighted by atomic mass is 9.86. The molecule has 1 aliphatic heterocycles. The Labute approximate surface area is 163 Å². The number of nitrogens with zero attached hydrogens (tertiary/aromatic N) is 1. The molecule has 0 aliphatic carbocycles. The Balaban J connectivity index is 1.91. The number of benzene rings is 2. The SMILES string of the molecule is CCOC(C(=O)OCC(=O)N1CCNC1=O)(c1ccccc1)c1ccccc1. The number of hydrogen-bond acceptors (Lipinski definition) is 5. The van der Waals surface area contributed by atoms with E-state index in [2.05, 4.69) is 5.32 Å². The number of hydrogen-bond donors (Lipinski definition) is 1. The summed E-state index contributed by atoms with van der Waals surface area (Å²) in [6, 6.07) is 17.5.